The highest BCUT2D eigenvalue weighted by atomic mass is 79.9. The predicted molar refractivity (Wildman–Crippen MR) is 71.4 cm³/mol. The van der Waals surface area contributed by atoms with Gasteiger partial charge in [0.2, 0.25) is 11.7 Å². The van der Waals surface area contributed by atoms with Crippen molar-refractivity contribution in [3.8, 4) is 11.4 Å². The van der Waals surface area contributed by atoms with E-state index in [-0.39, 0.29) is 35.9 Å². The fourth-order valence-corrected chi connectivity index (χ4v) is 2.06. The first kappa shape index (κ1) is 15.7. The van der Waals surface area contributed by atoms with Gasteiger partial charge in [-0.15, -0.1) is 0 Å². The maximum atomic E-state index is 13.0. The van der Waals surface area contributed by atoms with E-state index in [0.29, 0.717) is 4.47 Å². The van der Waals surface area contributed by atoms with Crippen molar-refractivity contribution in [2.75, 3.05) is 0 Å². The number of aryl methyl sites for hydroxylation is 1. The van der Waals surface area contributed by atoms with Crippen LogP contribution in [0.25, 0.3) is 11.4 Å². The summed E-state index contributed by atoms with van der Waals surface area (Å²) in [6.07, 6.45) is -4.12. The van der Waals surface area contributed by atoms with E-state index in [1.165, 1.54) is 19.1 Å². The van der Waals surface area contributed by atoms with Crippen molar-refractivity contribution < 1.29 is 22.5 Å². The average molecular weight is 363 g/mol. The summed E-state index contributed by atoms with van der Waals surface area (Å²) in [5, 5.41) is 3.56. The number of Topliss-reactive ketones (excluding diaryl/α,β-unsaturated/α-hetero) is 1. The molecule has 0 aliphatic carbocycles. The first-order valence-electron chi connectivity index (χ1n) is 5.96. The van der Waals surface area contributed by atoms with Crippen LogP contribution in [0.4, 0.5) is 13.2 Å². The zero-order valence-electron chi connectivity index (χ0n) is 10.9. The van der Waals surface area contributed by atoms with Crippen LogP contribution in [0.2, 0.25) is 0 Å². The number of ketones is 1. The Kier molecular flexibility index (Phi) is 4.46. The number of hydrogen-bond donors (Lipinski definition) is 0. The van der Waals surface area contributed by atoms with Gasteiger partial charge in [0.1, 0.15) is 5.78 Å². The van der Waals surface area contributed by atoms with Crippen LogP contribution in [0, 0.1) is 0 Å². The standard InChI is InChI=1S/C13H10BrF3N2O2/c1-7(20)2-5-11-18-12(19-21-11)9-4-3-8(14)6-10(9)13(15,16)17/h3-4,6H,2,5H2,1H3. The average Bonchev–Trinajstić information content (AvgIpc) is 2.84. The van der Waals surface area contributed by atoms with Crippen LogP contribution in [-0.2, 0) is 17.4 Å². The molecule has 112 valence electrons. The SMILES string of the molecule is CC(=O)CCc1nc(-c2ccc(Br)cc2C(F)(F)F)no1. The Balaban J connectivity index is 2.36. The molecule has 0 radical (unpaired) electrons. The Bertz CT molecular complexity index is 668. The van der Waals surface area contributed by atoms with Crippen molar-refractivity contribution >= 4 is 21.7 Å². The van der Waals surface area contributed by atoms with Gasteiger partial charge in [-0.1, -0.05) is 21.1 Å². The summed E-state index contributed by atoms with van der Waals surface area (Å²) < 4.78 is 44.2. The molecule has 1 aromatic heterocycles. The highest BCUT2D eigenvalue weighted by molar-refractivity contribution is 9.10. The molecular formula is C13H10BrF3N2O2. The van der Waals surface area contributed by atoms with Gasteiger partial charge in [-0.25, -0.2) is 0 Å². The van der Waals surface area contributed by atoms with E-state index >= 15 is 0 Å². The van der Waals surface area contributed by atoms with Gasteiger partial charge in [0.15, 0.2) is 0 Å². The van der Waals surface area contributed by atoms with Crippen molar-refractivity contribution in [2.45, 2.75) is 25.9 Å². The van der Waals surface area contributed by atoms with Crippen LogP contribution < -0.4 is 0 Å². The van der Waals surface area contributed by atoms with Crippen molar-refractivity contribution in [2.24, 2.45) is 0 Å². The normalized spacial score (nSPS) is 11.7. The van der Waals surface area contributed by atoms with Crippen molar-refractivity contribution in [1.29, 1.82) is 0 Å². The van der Waals surface area contributed by atoms with Crippen molar-refractivity contribution in [3.63, 3.8) is 0 Å². The molecule has 0 aliphatic rings. The van der Waals surface area contributed by atoms with E-state index in [9.17, 15) is 18.0 Å². The van der Waals surface area contributed by atoms with E-state index in [2.05, 4.69) is 26.1 Å². The molecule has 0 bridgehead atoms. The Morgan fingerprint density at radius 1 is 1.38 bits per heavy atom. The zero-order valence-corrected chi connectivity index (χ0v) is 12.5. The summed E-state index contributed by atoms with van der Waals surface area (Å²) in [5.41, 5.74) is -1.01. The van der Waals surface area contributed by atoms with Crippen LogP contribution in [0.15, 0.2) is 27.2 Å². The molecule has 21 heavy (non-hydrogen) atoms. The van der Waals surface area contributed by atoms with Gasteiger partial charge in [-0.05, 0) is 25.1 Å². The number of rotatable bonds is 4. The lowest BCUT2D eigenvalue weighted by Gasteiger charge is -2.10. The number of carbonyl (C=O) groups is 1. The monoisotopic (exact) mass is 362 g/mol. The zero-order chi connectivity index (χ0) is 15.6. The van der Waals surface area contributed by atoms with Crippen molar-refractivity contribution in [1.82, 2.24) is 10.1 Å². The molecule has 2 aromatic rings. The minimum atomic E-state index is -4.53. The lowest BCUT2D eigenvalue weighted by molar-refractivity contribution is -0.137. The Morgan fingerprint density at radius 2 is 2.10 bits per heavy atom. The largest absolute Gasteiger partial charge is 0.417 e. The van der Waals surface area contributed by atoms with E-state index in [1.807, 2.05) is 0 Å². The summed E-state index contributed by atoms with van der Waals surface area (Å²) >= 11 is 3.01. The number of nitrogens with zero attached hydrogens (tertiary/aromatic N) is 2. The molecule has 1 aromatic carbocycles. The van der Waals surface area contributed by atoms with Crippen LogP contribution in [0.3, 0.4) is 0 Å². The van der Waals surface area contributed by atoms with Gasteiger partial charge in [0.05, 0.1) is 5.56 Å². The second kappa shape index (κ2) is 5.97. The number of hydrogen-bond acceptors (Lipinski definition) is 4. The molecule has 0 aliphatic heterocycles. The van der Waals surface area contributed by atoms with E-state index in [0.717, 1.165) is 6.07 Å². The van der Waals surface area contributed by atoms with E-state index < -0.39 is 11.7 Å². The number of benzene rings is 1. The van der Waals surface area contributed by atoms with Crippen molar-refractivity contribution in [3.05, 3.63) is 34.1 Å². The molecular weight excluding hydrogens is 353 g/mol. The highest BCUT2D eigenvalue weighted by Crippen LogP contribution is 2.37. The Morgan fingerprint density at radius 3 is 2.71 bits per heavy atom. The lowest BCUT2D eigenvalue weighted by Crippen LogP contribution is -2.07. The maximum absolute atomic E-state index is 13.0. The fourth-order valence-electron chi connectivity index (χ4n) is 1.69. The van der Waals surface area contributed by atoms with Crippen LogP contribution >= 0.6 is 15.9 Å². The molecule has 0 saturated heterocycles. The predicted octanol–water partition coefficient (Wildman–Crippen LogP) is 4.04. The third kappa shape index (κ3) is 3.90. The van der Waals surface area contributed by atoms with Crippen LogP contribution in [-0.4, -0.2) is 15.9 Å². The summed E-state index contributed by atoms with van der Waals surface area (Å²) in [4.78, 5) is 14.8. The molecule has 0 N–H and O–H groups in total. The van der Waals surface area contributed by atoms with Gasteiger partial charge in [-0.2, -0.15) is 18.2 Å². The third-order valence-electron chi connectivity index (χ3n) is 2.69. The smallest absolute Gasteiger partial charge is 0.339 e. The molecule has 1 heterocycles. The topological polar surface area (TPSA) is 56.0 Å². The lowest BCUT2D eigenvalue weighted by atomic mass is 10.1. The quantitative estimate of drug-likeness (QED) is 0.823. The van der Waals surface area contributed by atoms with Crippen LogP contribution in [0.1, 0.15) is 24.8 Å². The molecule has 4 nitrogen and oxygen atoms in total. The third-order valence-corrected chi connectivity index (χ3v) is 3.18. The van der Waals surface area contributed by atoms with E-state index in [1.54, 1.807) is 0 Å². The summed E-state index contributed by atoms with van der Waals surface area (Å²) in [5.74, 6) is -0.0704. The van der Waals surface area contributed by atoms with Crippen LogP contribution in [0.5, 0.6) is 0 Å². The Labute approximate surface area is 126 Å². The number of halogens is 4. The molecule has 0 amide bonds. The molecule has 0 atom stereocenters. The van der Waals surface area contributed by atoms with Gasteiger partial charge in [0.25, 0.3) is 0 Å². The first-order chi connectivity index (χ1) is 9.77. The molecule has 0 fully saturated rings. The molecule has 0 saturated carbocycles. The fraction of sp³-hybridized carbons (Fsp3) is 0.308. The second-order valence-electron chi connectivity index (χ2n) is 4.40. The van der Waals surface area contributed by atoms with Gasteiger partial charge < -0.3 is 9.32 Å². The number of alkyl halides is 3. The summed E-state index contributed by atoms with van der Waals surface area (Å²) in [6.45, 7) is 1.41. The van der Waals surface area contributed by atoms with Gasteiger partial charge in [0, 0.05) is 22.9 Å². The molecule has 8 heteroatoms. The second-order valence-corrected chi connectivity index (χ2v) is 5.32. The molecule has 0 spiro atoms. The van der Waals surface area contributed by atoms with E-state index in [4.69, 9.17) is 4.52 Å². The minimum Gasteiger partial charge on any atom is -0.339 e. The number of aromatic nitrogens is 2. The minimum absolute atomic E-state index is 0.0608. The highest BCUT2D eigenvalue weighted by Gasteiger charge is 2.35. The molecule has 2 rings (SSSR count). The van der Waals surface area contributed by atoms with Gasteiger partial charge >= 0.3 is 6.18 Å². The maximum Gasteiger partial charge on any atom is 0.417 e. The number of carbonyl (C=O) groups excluding carboxylic acids is 1. The summed E-state index contributed by atoms with van der Waals surface area (Å²) in [6, 6.07) is 3.70. The summed E-state index contributed by atoms with van der Waals surface area (Å²) in [7, 11) is 0. The Hall–Kier alpha value is -1.70. The first-order valence-corrected chi connectivity index (χ1v) is 6.76. The van der Waals surface area contributed by atoms with Gasteiger partial charge in [-0.3, -0.25) is 0 Å². The molecule has 0 unspecified atom stereocenters.